The molecule has 1 saturated heterocycles. The Labute approximate surface area is 154 Å². The number of rotatable bonds is 2. The molecule has 0 saturated carbocycles. The molecule has 1 N–H and O–H groups in total. The van der Waals surface area contributed by atoms with Crippen LogP contribution in [0.5, 0.6) is 0 Å². The Balaban J connectivity index is 1.56. The fourth-order valence-corrected chi connectivity index (χ4v) is 4.23. The molecule has 2 bridgehead atoms. The molecule has 6 heteroatoms. The van der Waals surface area contributed by atoms with Crippen LogP contribution in [-0.2, 0) is 13.0 Å². The fourth-order valence-electron chi connectivity index (χ4n) is 4.23. The number of amides is 2. The first kappa shape index (κ1) is 17.1. The maximum Gasteiger partial charge on any atom is 0.322 e. The quantitative estimate of drug-likeness (QED) is 0.896. The molecule has 1 fully saturated rings. The van der Waals surface area contributed by atoms with E-state index in [0.717, 1.165) is 43.1 Å². The normalized spacial score (nSPS) is 21.7. The number of urea groups is 1. The number of carbonyl (C=O) groups is 1. The minimum atomic E-state index is 0.00515. The Kier molecular flexibility index (Phi) is 4.21. The zero-order chi connectivity index (χ0) is 18.4. The van der Waals surface area contributed by atoms with Gasteiger partial charge in [-0.3, -0.25) is 0 Å². The van der Waals surface area contributed by atoms with Crippen LogP contribution in [0.1, 0.15) is 55.4 Å². The molecule has 138 valence electrons. The molecular formula is C20H27N5O. The molecule has 2 aliphatic heterocycles. The molecule has 0 aliphatic carbocycles. The van der Waals surface area contributed by atoms with Crippen LogP contribution in [0, 0.1) is 13.8 Å². The number of carbonyl (C=O) groups excluding carboxylic acids is 1. The Bertz CT molecular complexity index is 841. The van der Waals surface area contributed by atoms with Crippen molar-refractivity contribution in [3.63, 3.8) is 0 Å². The van der Waals surface area contributed by atoms with Gasteiger partial charge in [-0.15, -0.1) is 10.2 Å². The van der Waals surface area contributed by atoms with Gasteiger partial charge >= 0.3 is 6.03 Å². The predicted molar refractivity (Wildman–Crippen MR) is 101 cm³/mol. The largest absolute Gasteiger partial charge is 0.322 e. The van der Waals surface area contributed by atoms with Crippen molar-refractivity contribution in [2.45, 2.75) is 71.5 Å². The van der Waals surface area contributed by atoms with Crippen molar-refractivity contribution in [1.29, 1.82) is 0 Å². The highest BCUT2D eigenvalue weighted by atomic mass is 16.2. The van der Waals surface area contributed by atoms with Crippen molar-refractivity contribution >= 4 is 11.7 Å². The number of hydrogen-bond donors (Lipinski definition) is 1. The summed E-state index contributed by atoms with van der Waals surface area (Å²) in [4.78, 5) is 15.1. The third-order valence-corrected chi connectivity index (χ3v) is 5.80. The second-order valence-corrected chi connectivity index (χ2v) is 7.97. The van der Waals surface area contributed by atoms with Crippen molar-refractivity contribution < 1.29 is 4.79 Å². The van der Waals surface area contributed by atoms with Crippen LogP contribution >= 0.6 is 0 Å². The molecule has 4 rings (SSSR count). The van der Waals surface area contributed by atoms with Crippen LogP contribution in [-0.4, -0.2) is 37.8 Å². The van der Waals surface area contributed by atoms with Gasteiger partial charge in [0.15, 0.2) is 0 Å². The average molecular weight is 353 g/mol. The standard InChI is InChI=1S/C20H27N5O/c1-12(2)19-23-22-18-10-16-7-8-17(11-24(18)19)25(16)20(26)21-15-6-5-13(3)14(4)9-15/h5-6,9,12,16-17H,7-8,10-11H2,1-4H3,(H,21,26)/t16-,17+/m0/s1. The summed E-state index contributed by atoms with van der Waals surface area (Å²) in [6.07, 6.45) is 2.87. The highest BCUT2D eigenvalue weighted by molar-refractivity contribution is 5.90. The van der Waals surface area contributed by atoms with Gasteiger partial charge in [-0.05, 0) is 49.9 Å². The number of hydrogen-bond acceptors (Lipinski definition) is 3. The van der Waals surface area contributed by atoms with Crippen molar-refractivity contribution in [1.82, 2.24) is 19.7 Å². The molecule has 3 heterocycles. The molecule has 2 aliphatic rings. The van der Waals surface area contributed by atoms with E-state index in [1.165, 1.54) is 11.1 Å². The summed E-state index contributed by atoms with van der Waals surface area (Å²) in [5.74, 6) is 2.39. The SMILES string of the molecule is Cc1ccc(NC(=O)N2[C@@H]3CC[C@H]2Cc2nnc(C(C)C)n2C3)cc1C. The molecule has 0 radical (unpaired) electrons. The Morgan fingerprint density at radius 1 is 1.15 bits per heavy atom. The Hall–Kier alpha value is -2.37. The van der Waals surface area contributed by atoms with Crippen molar-refractivity contribution in [3.05, 3.63) is 41.0 Å². The van der Waals surface area contributed by atoms with Crippen LogP contribution < -0.4 is 5.32 Å². The van der Waals surface area contributed by atoms with Crippen molar-refractivity contribution in [3.8, 4) is 0 Å². The maximum atomic E-state index is 13.0. The number of benzene rings is 1. The second-order valence-electron chi connectivity index (χ2n) is 7.97. The molecule has 26 heavy (non-hydrogen) atoms. The lowest BCUT2D eigenvalue weighted by Crippen LogP contribution is -2.44. The van der Waals surface area contributed by atoms with Gasteiger partial charge in [0.25, 0.3) is 0 Å². The highest BCUT2D eigenvalue weighted by Gasteiger charge is 2.41. The van der Waals surface area contributed by atoms with Gasteiger partial charge in [-0.2, -0.15) is 0 Å². The Morgan fingerprint density at radius 2 is 1.92 bits per heavy atom. The lowest BCUT2D eigenvalue weighted by Gasteiger charge is -2.28. The van der Waals surface area contributed by atoms with Crippen LogP contribution in [0.3, 0.4) is 0 Å². The minimum Gasteiger partial charge on any atom is -0.316 e. The van der Waals surface area contributed by atoms with E-state index in [1.807, 2.05) is 17.0 Å². The summed E-state index contributed by atoms with van der Waals surface area (Å²) in [5.41, 5.74) is 3.29. The fraction of sp³-hybridized carbons (Fsp3) is 0.550. The van der Waals surface area contributed by atoms with E-state index in [4.69, 9.17) is 0 Å². The molecule has 0 unspecified atom stereocenters. The first-order valence-electron chi connectivity index (χ1n) is 9.52. The predicted octanol–water partition coefficient (Wildman–Crippen LogP) is 3.64. The maximum absolute atomic E-state index is 13.0. The van der Waals surface area contributed by atoms with Gasteiger partial charge in [0.1, 0.15) is 11.6 Å². The van der Waals surface area contributed by atoms with Gasteiger partial charge in [0.2, 0.25) is 0 Å². The first-order chi connectivity index (χ1) is 12.4. The lowest BCUT2D eigenvalue weighted by atomic mass is 10.1. The van der Waals surface area contributed by atoms with E-state index < -0.39 is 0 Å². The van der Waals surface area contributed by atoms with Crippen LogP contribution in [0.15, 0.2) is 18.2 Å². The van der Waals surface area contributed by atoms with Gasteiger partial charge in [0, 0.05) is 30.6 Å². The second kappa shape index (κ2) is 6.41. The highest BCUT2D eigenvalue weighted by Crippen LogP contribution is 2.33. The summed E-state index contributed by atoms with van der Waals surface area (Å²) in [7, 11) is 0. The molecule has 1 aromatic carbocycles. The molecule has 2 amide bonds. The molecular weight excluding hydrogens is 326 g/mol. The number of nitrogens with zero attached hydrogens (tertiary/aromatic N) is 4. The molecule has 1 aromatic heterocycles. The summed E-state index contributed by atoms with van der Waals surface area (Å²) in [5, 5.41) is 11.9. The lowest BCUT2D eigenvalue weighted by molar-refractivity contribution is 0.184. The monoisotopic (exact) mass is 353 g/mol. The molecule has 0 spiro atoms. The number of aryl methyl sites for hydroxylation is 2. The molecule has 2 aromatic rings. The number of aromatic nitrogens is 3. The van der Waals surface area contributed by atoms with Crippen molar-refractivity contribution in [2.75, 3.05) is 5.32 Å². The number of fused-ring (bicyclic) bond motifs is 3. The van der Waals surface area contributed by atoms with Gasteiger partial charge in [-0.25, -0.2) is 4.79 Å². The third kappa shape index (κ3) is 2.87. The van der Waals surface area contributed by atoms with E-state index in [0.29, 0.717) is 5.92 Å². The average Bonchev–Trinajstić information content (AvgIpc) is 3.11. The zero-order valence-corrected chi connectivity index (χ0v) is 16.0. The van der Waals surface area contributed by atoms with E-state index in [9.17, 15) is 4.79 Å². The number of anilines is 1. The smallest absolute Gasteiger partial charge is 0.316 e. The van der Waals surface area contributed by atoms with Crippen LogP contribution in [0.4, 0.5) is 10.5 Å². The zero-order valence-electron chi connectivity index (χ0n) is 16.0. The van der Waals surface area contributed by atoms with Gasteiger partial charge in [0.05, 0.1) is 6.04 Å². The topological polar surface area (TPSA) is 63.1 Å². The van der Waals surface area contributed by atoms with E-state index in [2.05, 4.69) is 53.8 Å². The van der Waals surface area contributed by atoms with Crippen LogP contribution in [0.25, 0.3) is 0 Å². The molecule has 2 atom stereocenters. The Morgan fingerprint density at radius 3 is 2.65 bits per heavy atom. The van der Waals surface area contributed by atoms with E-state index in [-0.39, 0.29) is 18.1 Å². The minimum absolute atomic E-state index is 0.00515. The van der Waals surface area contributed by atoms with E-state index >= 15 is 0 Å². The summed E-state index contributed by atoms with van der Waals surface area (Å²) >= 11 is 0. The summed E-state index contributed by atoms with van der Waals surface area (Å²) < 4.78 is 2.24. The third-order valence-electron chi connectivity index (χ3n) is 5.80. The summed E-state index contributed by atoms with van der Waals surface area (Å²) in [6, 6.07) is 6.49. The number of nitrogens with one attached hydrogen (secondary N) is 1. The van der Waals surface area contributed by atoms with Gasteiger partial charge < -0.3 is 14.8 Å². The van der Waals surface area contributed by atoms with Crippen molar-refractivity contribution in [2.24, 2.45) is 0 Å². The molecule has 6 nitrogen and oxygen atoms in total. The van der Waals surface area contributed by atoms with Gasteiger partial charge in [-0.1, -0.05) is 19.9 Å². The van der Waals surface area contributed by atoms with E-state index in [1.54, 1.807) is 0 Å². The summed E-state index contributed by atoms with van der Waals surface area (Å²) in [6.45, 7) is 9.24. The first-order valence-corrected chi connectivity index (χ1v) is 9.52. The van der Waals surface area contributed by atoms with Crippen LogP contribution in [0.2, 0.25) is 0 Å².